The lowest BCUT2D eigenvalue weighted by Crippen LogP contribution is -2.51. The third-order valence-electron chi connectivity index (χ3n) is 5.31. The molecule has 0 bridgehead atoms. The van der Waals surface area contributed by atoms with Crippen molar-refractivity contribution in [2.24, 2.45) is 0 Å². The van der Waals surface area contributed by atoms with Gasteiger partial charge in [-0.2, -0.15) is 0 Å². The van der Waals surface area contributed by atoms with Crippen molar-refractivity contribution in [3.05, 3.63) is 65.7 Å². The molecule has 168 valence electrons. The van der Waals surface area contributed by atoms with E-state index in [1.165, 1.54) is 0 Å². The van der Waals surface area contributed by atoms with E-state index >= 15 is 0 Å². The summed E-state index contributed by atoms with van der Waals surface area (Å²) in [5.41, 5.74) is 2.29. The highest BCUT2D eigenvalue weighted by atomic mass is 32.2. The van der Waals surface area contributed by atoms with Gasteiger partial charge in [0.1, 0.15) is 11.8 Å². The second-order valence-corrected chi connectivity index (χ2v) is 8.64. The molecule has 31 heavy (non-hydrogen) atoms. The molecule has 0 aliphatic rings. The molecule has 2 amide bonds. The predicted octanol–water partition coefficient (Wildman–Crippen LogP) is 4.30. The fraction of sp³-hybridized carbons (Fsp3) is 0.440. The number of methoxy groups -OCH3 is 1. The molecule has 5 nitrogen and oxygen atoms in total. The molecule has 2 rings (SSSR count). The van der Waals surface area contributed by atoms with Gasteiger partial charge in [-0.15, -0.1) is 11.8 Å². The van der Waals surface area contributed by atoms with Crippen molar-refractivity contribution in [2.75, 3.05) is 19.4 Å². The standard InChI is InChI=1S/C25H34N2O3S/c1-5-19(2)26-25(29)20(3)27(16-15-21-9-7-6-8-10-21)24(28)18-31-17-22-11-13-23(30-4)14-12-22/h6-14,19-20H,5,15-18H2,1-4H3,(H,26,29). The average molecular weight is 443 g/mol. The van der Waals surface area contributed by atoms with Gasteiger partial charge in [-0.3, -0.25) is 9.59 Å². The fourth-order valence-electron chi connectivity index (χ4n) is 3.10. The number of nitrogens with one attached hydrogen (secondary N) is 1. The number of carbonyl (C=O) groups is 2. The molecule has 0 heterocycles. The van der Waals surface area contributed by atoms with Gasteiger partial charge >= 0.3 is 0 Å². The highest BCUT2D eigenvalue weighted by molar-refractivity contribution is 7.99. The van der Waals surface area contributed by atoms with Gasteiger partial charge in [-0.1, -0.05) is 49.4 Å². The summed E-state index contributed by atoms with van der Waals surface area (Å²) in [5.74, 6) is 1.77. The molecule has 0 saturated heterocycles. The average Bonchev–Trinajstić information content (AvgIpc) is 2.80. The minimum Gasteiger partial charge on any atom is -0.497 e. The topological polar surface area (TPSA) is 58.6 Å². The molecule has 2 atom stereocenters. The van der Waals surface area contributed by atoms with Gasteiger partial charge in [0.15, 0.2) is 0 Å². The monoisotopic (exact) mass is 442 g/mol. The molecule has 1 N–H and O–H groups in total. The lowest BCUT2D eigenvalue weighted by atomic mass is 10.1. The van der Waals surface area contributed by atoms with E-state index in [4.69, 9.17) is 4.74 Å². The van der Waals surface area contributed by atoms with E-state index in [-0.39, 0.29) is 17.9 Å². The molecule has 6 heteroatoms. The third kappa shape index (κ3) is 8.29. The smallest absolute Gasteiger partial charge is 0.242 e. The first-order valence-electron chi connectivity index (χ1n) is 10.8. The molecule has 0 saturated carbocycles. The molecule has 0 aliphatic carbocycles. The van der Waals surface area contributed by atoms with Crippen molar-refractivity contribution in [1.29, 1.82) is 0 Å². The van der Waals surface area contributed by atoms with E-state index < -0.39 is 6.04 Å². The number of thioether (sulfide) groups is 1. The molecule has 0 fully saturated rings. The van der Waals surface area contributed by atoms with E-state index in [1.54, 1.807) is 23.8 Å². The first-order chi connectivity index (χ1) is 14.9. The van der Waals surface area contributed by atoms with Crippen LogP contribution in [0.1, 0.15) is 38.3 Å². The second kappa shape index (κ2) is 13.1. The number of hydrogen-bond acceptors (Lipinski definition) is 4. The summed E-state index contributed by atoms with van der Waals surface area (Å²) in [6, 6.07) is 17.5. The predicted molar refractivity (Wildman–Crippen MR) is 128 cm³/mol. The Morgan fingerprint density at radius 1 is 1.03 bits per heavy atom. The van der Waals surface area contributed by atoms with Crippen molar-refractivity contribution in [2.45, 2.75) is 51.4 Å². The number of ether oxygens (including phenoxy) is 1. The Balaban J connectivity index is 1.98. The van der Waals surface area contributed by atoms with Gasteiger partial charge in [0.05, 0.1) is 12.9 Å². The van der Waals surface area contributed by atoms with Gasteiger partial charge in [-0.25, -0.2) is 0 Å². The summed E-state index contributed by atoms with van der Waals surface area (Å²) in [4.78, 5) is 27.5. The third-order valence-corrected chi connectivity index (χ3v) is 6.29. The minimum absolute atomic E-state index is 0.0127. The second-order valence-electron chi connectivity index (χ2n) is 7.66. The summed E-state index contributed by atoms with van der Waals surface area (Å²) in [7, 11) is 1.64. The molecule has 2 unspecified atom stereocenters. The first kappa shape index (κ1) is 24.8. The minimum atomic E-state index is -0.508. The summed E-state index contributed by atoms with van der Waals surface area (Å²) in [5, 5.41) is 3.00. The van der Waals surface area contributed by atoms with Crippen LogP contribution in [0.15, 0.2) is 54.6 Å². The molecule has 0 aliphatic heterocycles. The normalized spacial score (nSPS) is 12.6. The number of nitrogens with zero attached hydrogens (tertiary/aromatic N) is 1. The number of amides is 2. The first-order valence-corrected chi connectivity index (χ1v) is 11.9. The number of hydrogen-bond donors (Lipinski definition) is 1. The summed E-state index contributed by atoms with van der Waals surface area (Å²) in [6.07, 6.45) is 1.57. The van der Waals surface area contributed by atoms with Gasteiger partial charge in [0.25, 0.3) is 0 Å². The molecular weight excluding hydrogens is 408 g/mol. The van der Waals surface area contributed by atoms with Crippen molar-refractivity contribution in [1.82, 2.24) is 10.2 Å². The van der Waals surface area contributed by atoms with Crippen molar-refractivity contribution < 1.29 is 14.3 Å². The summed E-state index contributed by atoms with van der Waals surface area (Å²) < 4.78 is 5.19. The van der Waals surface area contributed by atoms with E-state index in [0.717, 1.165) is 35.5 Å². The Morgan fingerprint density at radius 2 is 1.71 bits per heavy atom. The Morgan fingerprint density at radius 3 is 2.32 bits per heavy atom. The lowest BCUT2D eigenvalue weighted by molar-refractivity contribution is -0.138. The quantitative estimate of drug-likeness (QED) is 0.532. The van der Waals surface area contributed by atoms with Crippen LogP contribution in [-0.4, -0.2) is 48.2 Å². The van der Waals surface area contributed by atoms with Crippen LogP contribution in [0.25, 0.3) is 0 Å². The zero-order valence-electron chi connectivity index (χ0n) is 19.0. The van der Waals surface area contributed by atoms with Crippen LogP contribution in [0.3, 0.4) is 0 Å². The zero-order chi connectivity index (χ0) is 22.6. The highest BCUT2D eigenvalue weighted by Gasteiger charge is 2.26. The maximum atomic E-state index is 13.1. The lowest BCUT2D eigenvalue weighted by Gasteiger charge is -2.29. The van der Waals surface area contributed by atoms with Crippen LogP contribution >= 0.6 is 11.8 Å². The molecule has 2 aromatic carbocycles. The van der Waals surface area contributed by atoms with Crippen LogP contribution in [0.2, 0.25) is 0 Å². The number of benzene rings is 2. The van der Waals surface area contributed by atoms with Crippen LogP contribution in [0, 0.1) is 0 Å². The number of rotatable bonds is 12. The Bertz CT molecular complexity index is 811. The van der Waals surface area contributed by atoms with Crippen LogP contribution in [0.5, 0.6) is 5.75 Å². The van der Waals surface area contributed by atoms with Crippen LogP contribution in [-0.2, 0) is 21.8 Å². The number of carbonyl (C=O) groups excluding carboxylic acids is 2. The van der Waals surface area contributed by atoms with Gasteiger partial charge in [-0.05, 0) is 49.9 Å². The largest absolute Gasteiger partial charge is 0.497 e. The van der Waals surface area contributed by atoms with Crippen LogP contribution < -0.4 is 10.1 Å². The SMILES string of the molecule is CCC(C)NC(=O)C(C)N(CCc1ccccc1)C(=O)CSCc1ccc(OC)cc1. The Hall–Kier alpha value is -2.47. The molecule has 0 aromatic heterocycles. The van der Waals surface area contributed by atoms with Gasteiger partial charge < -0.3 is 15.0 Å². The fourth-order valence-corrected chi connectivity index (χ4v) is 3.97. The van der Waals surface area contributed by atoms with E-state index in [0.29, 0.717) is 12.3 Å². The van der Waals surface area contributed by atoms with Gasteiger partial charge in [0.2, 0.25) is 11.8 Å². The van der Waals surface area contributed by atoms with E-state index in [9.17, 15) is 9.59 Å². The van der Waals surface area contributed by atoms with Crippen molar-refractivity contribution in [3.63, 3.8) is 0 Å². The maximum Gasteiger partial charge on any atom is 0.242 e. The molecule has 2 aromatic rings. The molecule has 0 radical (unpaired) electrons. The highest BCUT2D eigenvalue weighted by Crippen LogP contribution is 2.18. The van der Waals surface area contributed by atoms with E-state index in [2.05, 4.69) is 5.32 Å². The Labute approximate surface area is 190 Å². The zero-order valence-corrected chi connectivity index (χ0v) is 19.8. The van der Waals surface area contributed by atoms with E-state index in [1.807, 2.05) is 75.4 Å². The molecule has 0 spiro atoms. The van der Waals surface area contributed by atoms with Crippen LogP contribution in [0.4, 0.5) is 0 Å². The van der Waals surface area contributed by atoms with Gasteiger partial charge in [0, 0.05) is 18.3 Å². The summed E-state index contributed by atoms with van der Waals surface area (Å²) >= 11 is 1.56. The van der Waals surface area contributed by atoms with Crippen molar-refractivity contribution in [3.8, 4) is 5.75 Å². The maximum absolute atomic E-state index is 13.1. The summed E-state index contributed by atoms with van der Waals surface area (Å²) in [6.45, 7) is 6.34. The molecular formula is C25H34N2O3S. The Kier molecular flexibility index (Phi) is 10.4. The van der Waals surface area contributed by atoms with Crippen molar-refractivity contribution >= 4 is 23.6 Å².